The van der Waals surface area contributed by atoms with Crippen LogP contribution in [0.15, 0.2) is 0 Å². The van der Waals surface area contributed by atoms with Gasteiger partial charge in [0.05, 0.1) is 19.8 Å². The van der Waals surface area contributed by atoms with Crippen LogP contribution >= 0.6 is 0 Å². The van der Waals surface area contributed by atoms with Crippen molar-refractivity contribution < 1.29 is 23.7 Å². The van der Waals surface area contributed by atoms with Crippen molar-refractivity contribution in [2.24, 2.45) is 5.41 Å². The van der Waals surface area contributed by atoms with E-state index >= 15 is 0 Å². The number of ether oxygens (including phenoxy) is 4. The lowest BCUT2D eigenvalue weighted by molar-refractivity contribution is -0.473. The summed E-state index contributed by atoms with van der Waals surface area (Å²) in [5.41, 5.74) is -0.633. The van der Waals surface area contributed by atoms with E-state index in [-0.39, 0.29) is 5.41 Å². The van der Waals surface area contributed by atoms with Crippen LogP contribution in [0.25, 0.3) is 0 Å². The fourth-order valence-electron chi connectivity index (χ4n) is 2.27. The number of amides is 1. The summed E-state index contributed by atoms with van der Waals surface area (Å²) in [6.07, 6.45) is 0.129. The van der Waals surface area contributed by atoms with Crippen LogP contribution in [0.3, 0.4) is 0 Å². The van der Waals surface area contributed by atoms with Crippen LogP contribution in [0.1, 0.15) is 41.0 Å². The molecule has 6 heteroatoms. The Morgan fingerprint density at radius 2 is 1.75 bits per heavy atom. The van der Waals surface area contributed by atoms with Gasteiger partial charge >= 0.3 is 12.1 Å². The molecule has 6 nitrogen and oxygen atoms in total. The van der Waals surface area contributed by atoms with E-state index in [1.165, 1.54) is 0 Å². The zero-order valence-electron chi connectivity index (χ0n) is 12.9. The van der Waals surface area contributed by atoms with Crippen LogP contribution in [0, 0.1) is 5.41 Å². The molecule has 3 aliphatic rings. The van der Waals surface area contributed by atoms with Crippen molar-refractivity contribution in [3.05, 3.63) is 0 Å². The van der Waals surface area contributed by atoms with E-state index in [0.717, 1.165) is 0 Å². The monoisotopic (exact) mass is 287 g/mol. The highest BCUT2D eigenvalue weighted by molar-refractivity contribution is 5.68. The van der Waals surface area contributed by atoms with Crippen LogP contribution in [-0.2, 0) is 18.9 Å². The highest BCUT2D eigenvalue weighted by Crippen LogP contribution is 2.40. The highest BCUT2D eigenvalue weighted by atomic mass is 16.9. The fourth-order valence-corrected chi connectivity index (χ4v) is 2.27. The van der Waals surface area contributed by atoms with Crippen LogP contribution in [0.5, 0.6) is 0 Å². The Bertz CT molecular complexity index is 352. The lowest BCUT2D eigenvalue weighted by atomic mass is 9.91. The van der Waals surface area contributed by atoms with E-state index < -0.39 is 23.7 Å². The first-order valence-electron chi connectivity index (χ1n) is 7.09. The molecule has 1 N–H and O–H groups in total. The second-order valence-corrected chi connectivity index (χ2v) is 6.89. The fraction of sp³-hybridized carbons (Fsp3) is 0.929. The summed E-state index contributed by atoms with van der Waals surface area (Å²) in [7, 11) is 0. The number of alkyl carbamates (subject to hydrolysis) is 1. The molecule has 20 heavy (non-hydrogen) atoms. The number of carbonyl (C=O) groups excluding carboxylic acids is 1. The third kappa shape index (κ3) is 3.24. The van der Waals surface area contributed by atoms with Crippen LogP contribution < -0.4 is 5.32 Å². The molecule has 0 aromatic carbocycles. The molecule has 1 unspecified atom stereocenters. The average molecular weight is 287 g/mol. The summed E-state index contributed by atoms with van der Waals surface area (Å²) < 4.78 is 22.5. The molecule has 0 aromatic heterocycles. The lowest BCUT2D eigenvalue weighted by Gasteiger charge is -2.52. The number of fused-ring (bicyclic) bond motifs is 3. The smallest absolute Gasteiger partial charge is 0.408 e. The Balaban J connectivity index is 2.00. The maximum Gasteiger partial charge on any atom is 0.408 e. The summed E-state index contributed by atoms with van der Waals surface area (Å²) in [6, 6.07) is -0.401. The second-order valence-electron chi connectivity index (χ2n) is 6.89. The quantitative estimate of drug-likeness (QED) is 0.860. The molecule has 0 aromatic rings. The molecule has 3 heterocycles. The van der Waals surface area contributed by atoms with Crippen molar-refractivity contribution in [2.75, 3.05) is 19.8 Å². The van der Waals surface area contributed by atoms with Crippen molar-refractivity contribution in [3.8, 4) is 0 Å². The summed E-state index contributed by atoms with van der Waals surface area (Å²) in [4.78, 5) is 11.9. The second kappa shape index (κ2) is 5.16. The van der Waals surface area contributed by atoms with E-state index in [0.29, 0.717) is 26.2 Å². The molecule has 1 amide bonds. The van der Waals surface area contributed by atoms with Gasteiger partial charge in [-0.1, -0.05) is 13.8 Å². The lowest BCUT2D eigenvalue weighted by Crippen LogP contribution is -2.67. The average Bonchev–Trinajstić information content (AvgIpc) is 2.35. The normalized spacial score (nSPS) is 34.6. The van der Waals surface area contributed by atoms with Gasteiger partial charge in [0.25, 0.3) is 0 Å². The van der Waals surface area contributed by atoms with Gasteiger partial charge in [-0.15, -0.1) is 0 Å². The number of nitrogens with one attached hydrogen (secondary N) is 1. The Hall–Kier alpha value is -0.850. The van der Waals surface area contributed by atoms with Gasteiger partial charge in [-0.3, -0.25) is 0 Å². The Labute approximate surface area is 120 Å². The van der Waals surface area contributed by atoms with Crippen LogP contribution in [-0.4, -0.2) is 43.5 Å². The van der Waals surface area contributed by atoms with E-state index in [9.17, 15) is 4.79 Å². The summed E-state index contributed by atoms with van der Waals surface area (Å²) >= 11 is 0. The third-order valence-corrected chi connectivity index (χ3v) is 3.39. The highest BCUT2D eigenvalue weighted by Gasteiger charge is 2.55. The van der Waals surface area contributed by atoms with Crippen molar-refractivity contribution >= 4 is 6.09 Å². The van der Waals surface area contributed by atoms with Crippen molar-refractivity contribution in [2.45, 2.75) is 58.7 Å². The van der Waals surface area contributed by atoms with Gasteiger partial charge in [0.15, 0.2) is 0 Å². The molecular formula is C14H25NO5. The maximum absolute atomic E-state index is 11.9. The SMILES string of the molecule is CCC(NC(=O)OC(C)(C)C)C12OCC(C)(CO1)CO2. The van der Waals surface area contributed by atoms with Crippen molar-refractivity contribution in [1.29, 1.82) is 0 Å². The summed E-state index contributed by atoms with van der Waals surface area (Å²) in [5, 5.41) is 2.79. The first-order valence-corrected chi connectivity index (χ1v) is 7.09. The maximum atomic E-state index is 11.9. The number of hydrogen-bond acceptors (Lipinski definition) is 5. The Kier molecular flexibility index (Phi) is 4.01. The van der Waals surface area contributed by atoms with Crippen molar-refractivity contribution in [3.63, 3.8) is 0 Å². The van der Waals surface area contributed by atoms with E-state index in [1.54, 1.807) is 0 Å². The van der Waals surface area contributed by atoms with Gasteiger partial charge in [0.1, 0.15) is 11.6 Å². The van der Waals surface area contributed by atoms with Crippen LogP contribution in [0.2, 0.25) is 0 Å². The number of hydrogen-bond donors (Lipinski definition) is 1. The van der Waals surface area contributed by atoms with Gasteiger partial charge < -0.3 is 24.3 Å². The van der Waals surface area contributed by atoms with Crippen LogP contribution in [0.4, 0.5) is 4.79 Å². The molecule has 0 aliphatic carbocycles. The van der Waals surface area contributed by atoms with Gasteiger partial charge in [-0.05, 0) is 27.2 Å². The molecule has 0 spiro atoms. The molecule has 2 bridgehead atoms. The molecule has 3 fully saturated rings. The Morgan fingerprint density at radius 3 is 2.15 bits per heavy atom. The summed E-state index contributed by atoms with van der Waals surface area (Å²) in [5.74, 6) is -1.18. The molecule has 3 rings (SSSR count). The summed E-state index contributed by atoms with van der Waals surface area (Å²) in [6.45, 7) is 11.2. The molecule has 116 valence electrons. The molecule has 0 saturated carbocycles. The molecule has 1 atom stereocenters. The van der Waals surface area contributed by atoms with E-state index in [4.69, 9.17) is 18.9 Å². The molecule has 3 aliphatic heterocycles. The zero-order valence-corrected chi connectivity index (χ0v) is 12.9. The minimum absolute atomic E-state index is 0.0913. The predicted molar refractivity (Wildman–Crippen MR) is 72.1 cm³/mol. The predicted octanol–water partition coefficient (Wildman–Crippen LogP) is 2.03. The van der Waals surface area contributed by atoms with Gasteiger partial charge in [-0.25, -0.2) is 4.79 Å². The topological polar surface area (TPSA) is 66.0 Å². The van der Waals surface area contributed by atoms with Gasteiger partial charge in [0, 0.05) is 5.41 Å². The number of carbonyl (C=O) groups is 1. The van der Waals surface area contributed by atoms with Gasteiger partial charge in [0.2, 0.25) is 0 Å². The molecular weight excluding hydrogens is 262 g/mol. The zero-order chi connectivity index (χ0) is 15.0. The number of rotatable bonds is 3. The minimum Gasteiger partial charge on any atom is -0.444 e. The largest absolute Gasteiger partial charge is 0.444 e. The van der Waals surface area contributed by atoms with Crippen molar-refractivity contribution in [1.82, 2.24) is 5.32 Å². The third-order valence-electron chi connectivity index (χ3n) is 3.39. The van der Waals surface area contributed by atoms with E-state index in [1.807, 2.05) is 27.7 Å². The Morgan fingerprint density at radius 1 is 1.25 bits per heavy atom. The van der Waals surface area contributed by atoms with E-state index in [2.05, 4.69) is 12.2 Å². The molecule has 3 saturated heterocycles. The first kappa shape index (κ1) is 15.5. The van der Waals surface area contributed by atoms with Gasteiger partial charge in [-0.2, -0.15) is 0 Å². The minimum atomic E-state index is -1.18. The standard InChI is InChI=1S/C14H25NO5/c1-6-10(15-11(16)20-12(2,3)4)14-17-7-13(5,8-18-14)9-19-14/h10H,6-9H2,1-5H3,(H,15,16). The molecule has 0 radical (unpaired) electrons. The first-order chi connectivity index (χ1) is 9.18.